The van der Waals surface area contributed by atoms with Crippen LogP contribution in [0.25, 0.3) is 0 Å². The zero-order valence-electron chi connectivity index (χ0n) is 20.1. The Hall–Kier alpha value is -2.51. The fourth-order valence-electron chi connectivity index (χ4n) is 4.53. The number of amides is 1. The van der Waals surface area contributed by atoms with Crippen molar-refractivity contribution in [2.75, 3.05) is 6.79 Å². The number of hydrogen-bond donors (Lipinski definition) is 0. The van der Waals surface area contributed by atoms with Crippen molar-refractivity contribution >= 4 is 11.8 Å². The third kappa shape index (κ3) is 6.98. The van der Waals surface area contributed by atoms with E-state index in [9.17, 15) is 14.9 Å². The van der Waals surface area contributed by atoms with Gasteiger partial charge in [0.05, 0.1) is 16.6 Å². The molecule has 1 aromatic rings. The summed E-state index contributed by atoms with van der Waals surface area (Å²) in [4.78, 5) is 26.3. The summed E-state index contributed by atoms with van der Waals surface area (Å²) >= 11 is 0. The van der Waals surface area contributed by atoms with E-state index in [0.29, 0.717) is 17.1 Å². The summed E-state index contributed by atoms with van der Waals surface area (Å²) in [7, 11) is 0. The maximum Gasteiger partial charge on any atom is 0.410 e. The molecule has 0 spiro atoms. The summed E-state index contributed by atoms with van der Waals surface area (Å²) in [6.45, 7) is 9.90. The van der Waals surface area contributed by atoms with Gasteiger partial charge in [0.25, 0.3) is 5.69 Å². The molecule has 8 heteroatoms. The standard InChI is InChI=1S/C22H32N2O6.C2H6.CH4/c1-4-9-16(5-2)23(17-10-7-6-8-11-17)22(25)30-15(3)18-12-20-21(29-14-28-20)13-19(18)24(26)27;1-2;/h12-13,15-17H,4-11,14H2,1-3H3;1-2H3;1H4. The second-order valence-corrected chi connectivity index (χ2v) is 8.10. The van der Waals surface area contributed by atoms with Gasteiger partial charge >= 0.3 is 6.09 Å². The predicted molar refractivity (Wildman–Crippen MR) is 130 cm³/mol. The van der Waals surface area contributed by atoms with Crippen molar-refractivity contribution in [3.8, 4) is 11.5 Å². The third-order valence-corrected chi connectivity index (χ3v) is 6.10. The lowest BCUT2D eigenvalue weighted by Crippen LogP contribution is -2.48. The van der Waals surface area contributed by atoms with Crippen molar-refractivity contribution in [1.82, 2.24) is 4.90 Å². The smallest absolute Gasteiger partial charge is 0.410 e. The number of nitrogens with zero attached hydrogens (tertiary/aromatic N) is 2. The van der Waals surface area contributed by atoms with Crippen LogP contribution in [0.15, 0.2) is 12.1 Å². The molecular formula is C25H42N2O6. The molecule has 0 saturated heterocycles. The monoisotopic (exact) mass is 466 g/mol. The van der Waals surface area contributed by atoms with E-state index in [2.05, 4.69) is 13.8 Å². The molecule has 1 saturated carbocycles. The van der Waals surface area contributed by atoms with Crippen LogP contribution in [0.1, 0.15) is 105 Å². The van der Waals surface area contributed by atoms with E-state index in [1.165, 1.54) is 12.5 Å². The zero-order chi connectivity index (χ0) is 23.7. The van der Waals surface area contributed by atoms with E-state index < -0.39 is 11.0 Å². The summed E-state index contributed by atoms with van der Waals surface area (Å²) in [6, 6.07) is 3.17. The molecule has 2 aliphatic rings. The normalized spacial score (nSPS) is 16.5. The molecule has 3 rings (SSSR count). The average Bonchev–Trinajstić information content (AvgIpc) is 3.27. The molecular weight excluding hydrogens is 424 g/mol. The molecule has 1 heterocycles. The zero-order valence-corrected chi connectivity index (χ0v) is 20.1. The molecule has 188 valence electrons. The van der Waals surface area contributed by atoms with Crippen LogP contribution in [0.4, 0.5) is 10.5 Å². The van der Waals surface area contributed by atoms with Crippen molar-refractivity contribution in [3.63, 3.8) is 0 Å². The van der Waals surface area contributed by atoms with Gasteiger partial charge in [-0.3, -0.25) is 10.1 Å². The molecule has 1 amide bonds. The molecule has 0 radical (unpaired) electrons. The van der Waals surface area contributed by atoms with E-state index in [1.54, 1.807) is 13.0 Å². The maximum absolute atomic E-state index is 13.3. The van der Waals surface area contributed by atoms with Crippen molar-refractivity contribution in [2.45, 2.75) is 112 Å². The van der Waals surface area contributed by atoms with Crippen molar-refractivity contribution in [3.05, 3.63) is 27.8 Å². The summed E-state index contributed by atoms with van der Waals surface area (Å²) < 4.78 is 16.4. The van der Waals surface area contributed by atoms with Crippen LogP contribution < -0.4 is 9.47 Å². The van der Waals surface area contributed by atoms with Gasteiger partial charge in [-0.25, -0.2) is 4.79 Å². The first-order valence-electron chi connectivity index (χ1n) is 12.0. The fraction of sp³-hybridized carbons (Fsp3) is 0.720. The Morgan fingerprint density at radius 2 is 1.79 bits per heavy atom. The van der Waals surface area contributed by atoms with Gasteiger partial charge in [-0.15, -0.1) is 0 Å². The summed E-state index contributed by atoms with van der Waals surface area (Å²) in [5.41, 5.74) is 0.175. The SMILES string of the molecule is C.CC.CCCC(CC)N(C(=O)OC(C)c1cc2c(cc1[N+](=O)[O-])OCO2)C1CCCCC1. The highest BCUT2D eigenvalue weighted by atomic mass is 16.7. The van der Waals surface area contributed by atoms with Gasteiger partial charge in [0.1, 0.15) is 6.10 Å². The molecule has 0 bridgehead atoms. The van der Waals surface area contributed by atoms with Gasteiger partial charge in [0, 0.05) is 12.1 Å². The molecule has 0 N–H and O–H groups in total. The van der Waals surface area contributed by atoms with E-state index in [0.717, 1.165) is 44.9 Å². The Labute approximate surface area is 198 Å². The Bertz CT molecular complexity index is 759. The Morgan fingerprint density at radius 3 is 2.33 bits per heavy atom. The Balaban J connectivity index is 0.00000177. The van der Waals surface area contributed by atoms with E-state index >= 15 is 0 Å². The lowest BCUT2D eigenvalue weighted by molar-refractivity contribution is -0.386. The number of fused-ring (bicyclic) bond motifs is 1. The number of nitro groups is 1. The van der Waals surface area contributed by atoms with Crippen LogP contribution in [0.5, 0.6) is 11.5 Å². The second kappa shape index (κ2) is 13.9. The minimum Gasteiger partial charge on any atom is -0.454 e. The van der Waals surface area contributed by atoms with Crippen LogP contribution in [0.3, 0.4) is 0 Å². The van der Waals surface area contributed by atoms with Crippen LogP contribution in [-0.4, -0.2) is 34.8 Å². The van der Waals surface area contributed by atoms with Gasteiger partial charge < -0.3 is 19.1 Å². The molecule has 2 atom stereocenters. The largest absolute Gasteiger partial charge is 0.454 e. The first-order chi connectivity index (χ1) is 15.5. The number of benzene rings is 1. The number of carbonyl (C=O) groups excluding carboxylic acids is 1. The quantitative estimate of drug-likeness (QED) is 0.293. The topological polar surface area (TPSA) is 91.1 Å². The Morgan fingerprint density at radius 1 is 1.18 bits per heavy atom. The minimum absolute atomic E-state index is 0. The highest BCUT2D eigenvalue weighted by Gasteiger charge is 2.34. The van der Waals surface area contributed by atoms with Gasteiger partial charge in [-0.05, 0) is 38.7 Å². The summed E-state index contributed by atoms with van der Waals surface area (Å²) in [5.74, 6) is 0.766. The summed E-state index contributed by atoms with van der Waals surface area (Å²) in [5, 5.41) is 11.6. The predicted octanol–water partition coefficient (Wildman–Crippen LogP) is 7.40. The van der Waals surface area contributed by atoms with Crippen molar-refractivity contribution < 1.29 is 23.9 Å². The van der Waals surface area contributed by atoms with Crippen molar-refractivity contribution in [2.24, 2.45) is 0 Å². The molecule has 1 aromatic carbocycles. The molecule has 2 unspecified atom stereocenters. The molecule has 1 fully saturated rings. The highest BCUT2D eigenvalue weighted by Crippen LogP contribution is 2.41. The van der Waals surface area contributed by atoms with E-state index in [4.69, 9.17) is 14.2 Å². The molecule has 33 heavy (non-hydrogen) atoms. The van der Waals surface area contributed by atoms with Crippen molar-refractivity contribution in [1.29, 1.82) is 0 Å². The average molecular weight is 467 g/mol. The van der Waals surface area contributed by atoms with E-state index in [-0.39, 0.29) is 38.1 Å². The lowest BCUT2D eigenvalue weighted by atomic mass is 9.92. The minimum atomic E-state index is -0.780. The number of hydrogen-bond acceptors (Lipinski definition) is 6. The highest BCUT2D eigenvalue weighted by molar-refractivity contribution is 5.69. The number of carbonyl (C=O) groups is 1. The molecule has 0 aromatic heterocycles. The van der Waals surface area contributed by atoms with Crippen LogP contribution in [0.2, 0.25) is 0 Å². The third-order valence-electron chi connectivity index (χ3n) is 6.10. The lowest BCUT2D eigenvalue weighted by Gasteiger charge is -2.39. The van der Waals surface area contributed by atoms with E-state index in [1.807, 2.05) is 18.7 Å². The maximum atomic E-state index is 13.3. The van der Waals surface area contributed by atoms with Crippen LogP contribution >= 0.6 is 0 Å². The molecule has 1 aliphatic heterocycles. The van der Waals surface area contributed by atoms with Gasteiger partial charge in [0.2, 0.25) is 6.79 Å². The number of ether oxygens (including phenoxy) is 3. The Kier molecular flexibility index (Phi) is 12.0. The van der Waals surface area contributed by atoms with Gasteiger partial charge in [-0.1, -0.05) is 60.8 Å². The van der Waals surface area contributed by atoms with Gasteiger partial charge in [0.15, 0.2) is 11.5 Å². The number of nitro benzene ring substituents is 1. The van der Waals surface area contributed by atoms with Crippen LogP contribution in [0, 0.1) is 10.1 Å². The first kappa shape index (κ1) is 28.5. The summed E-state index contributed by atoms with van der Waals surface area (Å²) in [6.07, 6.45) is 6.97. The molecule has 1 aliphatic carbocycles. The number of rotatable bonds is 8. The van der Waals surface area contributed by atoms with Crippen LogP contribution in [-0.2, 0) is 4.74 Å². The fourth-order valence-corrected chi connectivity index (χ4v) is 4.53. The van der Waals surface area contributed by atoms with Gasteiger partial charge in [-0.2, -0.15) is 0 Å². The molecule has 8 nitrogen and oxygen atoms in total. The first-order valence-corrected chi connectivity index (χ1v) is 12.0. The second-order valence-electron chi connectivity index (χ2n) is 8.10.